The highest BCUT2D eigenvalue weighted by Gasteiger charge is 2.30. The molecule has 3 heterocycles. The lowest BCUT2D eigenvalue weighted by Gasteiger charge is -2.26. The smallest absolute Gasteiger partial charge is 0.226 e. The second kappa shape index (κ2) is 8.86. The van der Waals surface area contributed by atoms with Crippen LogP contribution in [0.5, 0.6) is 0 Å². The lowest BCUT2D eigenvalue weighted by atomic mass is 9.87. The Bertz CT molecular complexity index is 1390. The molecule has 174 valence electrons. The van der Waals surface area contributed by atoms with Crippen LogP contribution in [-0.2, 0) is 31.2 Å². The second-order valence-corrected chi connectivity index (χ2v) is 9.76. The molecule has 0 bridgehead atoms. The number of thiophene rings is 1. The zero-order valence-electron chi connectivity index (χ0n) is 19.1. The van der Waals surface area contributed by atoms with Gasteiger partial charge in [-0.15, -0.1) is 11.3 Å². The first-order valence-electron chi connectivity index (χ1n) is 11.1. The highest BCUT2D eigenvalue weighted by molar-refractivity contribution is 7.19. The maximum atomic E-state index is 13.2. The van der Waals surface area contributed by atoms with Gasteiger partial charge in [0.25, 0.3) is 0 Å². The molecule has 0 radical (unpaired) electrons. The normalized spacial score (nSPS) is 15.2. The van der Waals surface area contributed by atoms with Crippen molar-refractivity contribution in [1.29, 1.82) is 5.41 Å². The number of carbonyl (C=O) groups is 1. The number of anilines is 3. The number of hydrogen-bond acceptors (Lipinski definition) is 8. The topological polar surface area (TPSA) is 126 Å². The van der Waals surface area contributed by atoms with E-state index in [-0.39, 0.29) is 11.8 Å². The first-order valence-corrected chi connectivity index (χ1v) is 11.9. The summed E-state index contributed by atoms with van der Waals surface area (Å²) in [7, 11) is 3.74. The lowest BCUT2D eigenvalue weighted by Crippen LogP contribution is -2.35. The number of benzene rings is 1. The number of nitrogens with two attached hydrogens (primary N) is 1. The zero-order chi connectivity index (χ0) is 23.8. The average molecular weight is 475 g/mol. The van der Waals surface area contributed by atoms with Crippen molar-refractivity contribution in [2.24, 2.45) is 13.0 Å². The summed E-state index contributed by atoms with van der Waals surface area (Å²) >= 11 is 1.64. The van der Waals surface area contributed by atoms with E-state index in [1.807, 2.05) is 32.4 Å². The lowest BCUT2D eigenvalue weighted by molar-refractivity contribution is -0.135. The molecule has 1 unspecified atom stereocenters. The quantitative estimate of drug-likeness (QED) is 0.290. The molecule has 3 aromatic heterocycles. The van der Waals surface area contributed by atoms with E-state index in [0.717, 1.165) is 40.1 Å². The fourth-order valence-electron chi connectivity index (χ4n) is 4.55. The number of fused-ring (bicyclic) bond motifs is 3. The van der Waals surface area contributed by atoms with Crippen molar-refractivity contribution in [3.63, 3.8) is 0 Å². The summed E-state index contributed by atoms with van der Waals surface area (Å²) < 4.78 is 1.75. The van der Waals surface area contributed by atoms with Crippen molar-refractivity contribution in [3.05, 3.63) is 58.5 Å². The molecule has 10 heteroatoms. The van der Waals surface area contributed by atoms with E-state index < -0.39 is 0 Å². The number of nitrogens with zero attached hydrogens (tertiary/aromatic N) is 5. The summed E-state index contributed by atoms with van der Waals surface area (Å²) in [6.45, 7) is 0.557. The van der Waals surface area contributed by atoms with Gasteiger partial charge in [-0.1, -0.05) is 0 Å². The fraction of sp³-hybridized carbons (Fsp3) is 0.292. The summed E-state index contributed by atoms with van der Waals surface area (Å²) in [5.41, 5.74) is 10.2. The van der Waals surface area contributed by atoms with Crippen molar-refractivity contribution in [3.8, 4) is 0 Å². The summed E-state index contributed by atoms with van der Waals surface area (Å²) in [6.07, 6.45) is 8.86. The molecule has 5 rings (SSSR count). The van der Waals surface area contributed by atoms with Gasteiger partial charge in [0.1, 0.15) is 17.0 Å². The highest BCUT2D eigenvalue weighted by Crippen LogP contribution is 2.40. The standard InChI is InChI=1S/C24H26N8OS/c1-31(11-14-10-29-32(2)12-14)24(33)15-3-5-18-20(8-15)34-23-21(18)22(27-13-28-23)30-17-4-6-19(26)16(7-17)9-25/h4,6-7,9-10,12-13,15,25H,3,5,8,11,26H2,1-2H3,(H,27,28,30). The van der Waals surface area contributed by atoms with E-state index in [2.05, 4.69) is 20.4 Å². The Labute approximate surface area is 201 Å². The summed E-state index contributed by atoms with van der Waals surface area (Å²) in [6, 6.07) is 5.49. The Morgan fingerprint density at radius 2 is 2.26 bits per heavy atom. The van der Waals surface area contributed by atoms with Crippen LogP contribution in [0.2, 0.25) is 0 Å². The molecule has 34 heavy (non-hydrogen) atoms. The van der Waals surface area contributed by atoms with Gasteiger partial charge < -0.3 is 21.4 Å². The molecule has 1 atom stereocenters. The molecule has 4 N–H and O–H groups in total. The molecular weight excluding hydrogens is 448 g/mol. The van der Waals surface area contributed by atoms with Gasteiger partial charge in [-0.05, 0) is 43.0 Å². The van der Waals surface area contributed by atoms with Crippen LogP contribution in [0.15, 0.2) is 36.9 Å². The maximum absolute atomic E-state index is 13.2. The summed E-state index contributed by atoms with van der Waals surface area (Å²) in [5, 5.41) is 16.1. The number of rotatable bonds is 6. The van der Waals surface area contributed by atoms with Crippen LogP contribution in [0.25, 0.3) is 10.2 Å². The molecule has 1 amide bonds. The van der Waals surface area contributed by atoms with E-state index in [1.54, 1.807) is 39.5 Å². The molecular formula is C24H26N8OS. The molecule has 0 spiro atoms. The Balaban J connectivity index is 1.38. The van der Waals surface area contributed by atoms with Gasteiger partial charge >= 0.3 is 0 Å². The number of amides is 1. The fourth-order valence-corrected chi connectivity index (χ4v) is 5.81. The molecule has 4 aromatic rings. The molecule has 9 nitrogen and oxygen atoms in total. The largest absolute Gasteiger partial charge is 0.398 e. The van der Waals surface area contributed by atoms with Crippen molar-refractivity contribution in [1.82, 2.24) is 24.6 Å². The van der Waals surface area contributed by atoms with E-state index >= 15 is 0 Å². The SMILES string of the molecule is CN(Cc1cnn(C)c1)C(=O)C1CCc2c(sc3ncnc(Nc4ccc(N)c(C=N)c4)c23)C1. The predicted octanol–water partition coefficient (Wildman–Crippen LogP) is 3.51. The van der Waals surface area contributed by atoms with Gasteiger partial charge in [-0.2, -0.15) is 5.10 Å². The van der Waals surface area contributed by atoms with Gasteiger partial charge in [-0.3, -0.25) is 9.48 Å². The van der Waals surface area contributed by atoms with Gasteiger partial charge in [0.2, 0.25) is 5.91 Å². The number of nitrogens with one attached hydrogen (secondary N) is 2. The Hall–Kier alpha value is -3.79. The Morgan fingerprint density at radius 1 is 1.41 bits per heavy atom. The minimum atomic E-state index is -0.0427. The van der Waals surface area contributed by atoms with Crippen LogP contribution < -0.4 is 11.1 Å². The van der Waals surface area contributed by atoms with E-state index in [4.69, 9.17) is 11.1 Å². The van der Waals surface area contributed by atoms with E-state index in [0.29, 0.717) is 24.2 Å². The average Bonchev–Trinajstić information content (AvgIpc) is 3.42. The maximum Gasteiger partial charge on any atom is 0.226 e. The monoisotopic (exact) mass is 474 g/mol. The number of hydrogen-bond donors (Lipinski definition) is 3. The summed E-state index contributed by atoms with van der Waals surface area (Å²) in [4.78, 5) is 26.1. The second-order valence-electron chi connectivity index (χ2n) is 8.68. The molecule has 1 aromatic carbocycles. The summed E-state index contributed by atoms with van der Waals surface area (Å²) in [5.74, 6) is 0.859. The third-order valence-electron chi connectivity index (χ3n) is 6.25. The minimum Gasteiger partial charge on any atom is -0.398 e. The highest BCUT2D eigenvalue weighted by atomic mass is 32.1. The van der Waals surface area contributed by atoms with Gasteiger partial charge in [-0.25, -0.2) is 9.97 Å². The van der Waals surface area contributed by atoms with Gasteiger partial charge in [0.05, 0.1) is 11.6 Å². The molecule has 0 aliphatic heterocycles. The Morgan fingerprint density at radius 3 is 3.03 bits per heavy atom. The minimum absolute atomic E-state index is 0.0427. The van der Waals surface area contributed by atoms with Crippen molar-refractivity contribution in [2.45, 2.75) is 25.8 Å². The molecule has 0 saturated carbocycles. The van der Waals surface area contributed by atoms with E-state index in [1.165, 1.54) is 16.7 Å². The van der Waals surface area contributed by atoms with Crippen LogP contribution in [0.1, 0.15) is 28.0 Å². The third-order valence-corrected chi connectivity index (χ3v) is 7.42. The van der Waals surface area contributed by atoms with Gasteiger partial charge in [0, 0.05) is 66.3 Å². The van der Waals surface area contributed by atoms with Crippen LogP contribution in [0, 0.1) is 11.3 Å². The van der Waals surface area contributed by atoms with Crippen molar-refractivity contribution < 1.29 is 4.79 Å². The van der Waals surface area contributed by atoms with E-state index in [9.17, 15) is 4.79 Å². The third kappa shape index (κ3) is 4.12. The molecule has 0 fully saturated rings. The number of aromatic nitrogens is 4. The van der Waals surface area contributed by atoms with Crippen molar-refractivity contribution >= 4 is 50.9 Å². The number of nitrogen functional groups attached to an aromatic ring is 1. The molecule has 1 aliphatic carbocycles. The number of carbonyl (C=O) groups excluding carboxylic acids is 1. The van der Waals surface area contributed by atoms with Gasteiger partial charge in [0.15, 0.2) is 0 Å². The van der Waals surface area contributed by atoms with Crippen LogP contribution >= 0.6 is 11.3 Å². The molecule has 0 saturated heterocycles. The van der Waals surface area contributed by atoms with Crippen molar-refractivity contribution in [2.75, 3.05) is 18.1 Å². The van der Waals surface area contributed by atoms with Crippen LogP contribution in [0.4, 0.5) is 17.2 Å². The molecule has 1 aliphatic rings. The zero-order valence-corrected chi connectivity index (χ0v) is 19.9. The first kappa shape index (κ1) is 22.0. The number of aryl methyl sites for hydroxylation is 2. The Kier molecular flexibility index (Phi) is 5.74. The van der Waals surface area contributed by atoms with Crippen LogP contribution in [-0.4, -0.2) is 43.8 Å². The predicted molar refractivity (Wildman–Crippen MR) is 135 cm³/mol. The first-order chi connectivity index (χ1) is 16.4. The van der Waals surface area contributed by atoms with Crippen LogP contribution in [0.3, 0.4) is 0 Å².